The summed E-state index contributed by atoms with van der Waals surface area (Å²) >= 11 is 0. The molecule has 2 aromatic rings. The van der Waals surface area contributed by atoms with E-state index in [9.17, 15) is 9.59 Å². The van der Waals surface area contributed by atoms with Gasteiger partial charge in [0.15, 0.2) is 11.5 Å². The minimum Gasteiger partial charge on any atom is -0.454 e. The molecule has 2 heterocycles. The van der Waals surface area contributed by atoms with Crippen molar-refractivity contribution in [2.24, 2.45) is 0 Å². The molecular weight excluding hydrogens is 346 g/mol. The molecule has 0 spiro atoms. The van der Waals surface area contributed by atoms with Crippen LogP contribution in [0.25, 0.3) is 0 Å². The van der Waals surface area contributed by atoms with Gasteiger partial charge < -0.3 is 14.8 Å². The van der Waals surface area contributed by atoms with Gasteiger partial charge in [-0.3, -0.25) is 19.4 Å². The van der Waals surface area contributed by atoms with Crippen LogP contribution in [0.2, 0.25) is 0 Å². The lowest BCUT2D eigenvalue weighted by Gasteiger charge is -2.33. The van der Waals surface area contributed by atoms with Gasteiger partial charge in [-0.25, -0.2) is 0 Å². The third kappa shape index (κ3) is 3.33. The highest BCUT2D eigenvalue weighted by Crippen LogP contribution is 2.33. The predicted molar refractivity (Wildman–Crippen MR) is 101 cm³/mol. The molecule has 0 saturated heterocycles. The highest BCUT2D eigenvalue weighted by molar-refractivity contribution is 6.11. The Morgan fingerprint density at radius 2 is 2.00 bits per heavy atom. The Morgan fingerprint density at radius 1 is 1.22 bits per heavy atom. The fourth-order valence-corrected chi connectivity index (χ4v) is 3.31. The Labute approximate surface area is 157 Å². The number of para-hydroxylation sites is 2. The first-order valence-corrected chi connectivity index (χ1v) is 8.82. The third-order valence-corrected chi connectivity index (χ3v) is 4.92. The molecule has 0 unspecified atom stereocenters. The number of nitrogens with one attached hydrogen (secondary N) is 1. The third-order valence-electron chi connectivity index (χ3n) is 4.92. The lowest BCUT2D eigenvalue weighted by Crippen LogP contribution is -2.50. The predicted octanol–water partition coefficient (Wildman–Crippen LogP) is 2.22. The molecular formula is C20H21N3O4. The van der Waals surface area contributed by atoms with E-state index in [-0.39, 0.29) is 25.2 Å². The van der Waals surface area contributed by atoms with Crippen LogP contribution in [-0.2, 0) is 16.1 Å². The molecule has 1 atom stereocenters. The zero-order valence-corrected chi connectivity index (χ0v) is 15.3. The average Bonchev–Trinajstić information content (AvgIpc) is 3.13. The standard InChI is InChI=1S/C20H21N3O4/c1-13(22(2)10-14-7-8-17-18(9-14)27-12-26-17)20(25)23-11-19(24)21-15-5-3-4-6-16(15)23/h3-9,13H,10-12H2,1-2H3,(H,21,24)/t13-/m1/s1. The van der Waals surface area contributed by atoms with E-state index in [4.69, 9.17) is 9.47 Å². The maximum Gasteiger partial charge on any atom is 0.244 e. The van der Waals surface area contributed by atoms with E-state index >= 15 is 0 Å². The summed E-state index contributed by atoms with van der Waals surface area (Å²) in [5, 5.41) is 2.80. The molecule has 0 fully saturated rings. The molecule has 2 amide bonds. The highest BCUT2D eigenvalue weighted by Gasteiger charge is 2.31. The van der Waals surface area contributed by atoms with E-state index in [1.54, 1.807) is 11.0 Å². The summed E-state index contributed by atoms with van der Waals surface area (Å²) in [6.45, 7) is 2.69. The van der Waals surface area contributed by atoms with Crippen LogP contribution in [0.3, 0.4) is 0 Å². The van der Waals surface area contributed by atoms with Crippen molar-refractivity contribution in [1.29, 1.82) is 0 Å². The Bertz CT molecular complexity index is 899. The molecule has 4 rings (SSSR count). The number of ether oxygens (including phenoxy) is 2. The number of fused-ring (bicyclic) bond motifs is 2. The topological polar surface area (TPSA) is 71.1 Å². The van der Waals surface area contributed by atoms with E-state index in [1.165, 1.54) is 0 Å². The quantitative estimate of drug-likeness (QED) is 0.897. The number of hydrogen-bond donors (Lipinski definition) is 1. The zero-order chi connectivity index (χ0) is 19.0. The van der Waals surface area contributed by atoms with E-state index in [0.29, 0.717) is 12.2 Å². The second kappa shape index (κ2) is 6.92. The largest absolute Gasteiger partial charge is 0.454 e. The molecule has 2 aliphatic heterocycles. The van der Waals surface area contributed by atoms with Crippen LogP contribution < -0.4 is 19.7 Å². The Balaban J connectivity index is 1.49. The monoisotopic (exact) mass is 367 g/mol. The van der Waals surface area contributed by atoms with Gasteiger partial charge in [0.05, 0.1) is 17.4 Å². The molecule has 0 aromatic heterocycles. The Kier molecular flexibility index (Phi) is 4.45. The summed E-state index contributed by atoms with van der Waals surface area (Å²) in [6.07, 6.45) is 0. The molecule has 7 heteroatoms. The number of amides is 2. The van der Waals surface area contributed by atoms with Gasteiger partial charge in [-0.15, -0.1) is 0 Å². The summed E-state index contributed by atoms with van der Waals surface area (Å²) < 4.78 is 10.7. The molecule has 0 bridgehead atoms. The molecule has 1 N–H and O–H groups in total. The van der Waals surface area contributed by atoms with Crippen LogP contribution >= 0.6 is 0 Å². The fraction of sp³-hybridized carbons (Fsp3) is 0.300. The number of hydrogen-bond acceptors (Lipinski definition) is 5. The number of rotatable bonds is 4. The van der Waals surface area contributed by atoms with Crippen molar-refractivity contribution in [3.05, 3.63) is 48.0 Å². The first kappa shape index (κ1) is 17.4. The van der Waals surface area contributed by atoms with Gasteiger partial charge in [0.1, 0.15) is 6.54 Å². The van der Waals surface area contributed by atoms with Crippen LogP contribution in [0.5, 0.6) is 11.5 Å². The Hall–Kier alpha value is -3.06. The summed E-state index contributed by atoms with van der Waals surface area (Å²) in [4.78, 5) is 28.6. The van der Waals surface area contributed by atoms with Gasteiger partial charge in [0, 0.05) is 6.54 Å². The number of likely N-dealkylation sites (N-methyl/N-ethyl adjacent to an activating group) is 1. The maximum atomic E-state index is 13.1. The van der Waals surface area contributed by atoms with E-state index in [2.05, 4.69) is 5.32 Å². The van der Waals surface area contributed by atoms with Crippen molar-refractivity contribution in [3.63, 3.8) is 0 Å². The highest BCUT2D eigenvalue weighted by atomic mass is 16.7. The molecule has 27 heavy (non-hydrogen) atoms. The lowest BCUT2D eigenvalue weighted by atomic mass is 10.1. The fourth-order valence-electron chi connectivity index (χ4n) is 3.31. The van der Waals surface area contributed by atoms with Crippen LogP contribution in [0.1, 0.15) is 12.5 Å². The van der Waals surface area contributed by atoms with Crippen LogP contribution in [0, 0.1) is 0 Å². The number of benzene rings is 2. The summed E-state index contributed by atoms with van der Waals surface area (Å²) in [7, 11) is 1.89. The number of nitrogens with zero attached hydrogens (tertiary/aromatic N) is 2. The smallest absolute Gasteiger partial charge is 0.244 e. The summed E-state index contributed by atoms with van der Waals surface area (Å²) in [5.41, 5.74) is 2.41. The van der Waals surface area contributed by atoms with Crippen molar-refractivity contribution < 1.29 is 19.1 Å². The lowest BCUT2D eigenvalue weighted by molar-refractivity contribution is -0.125. The summed E-state index contributed by atoms with van der Waals surface area (Å²) in [5.74, 6) is 1.16. The number of carbonyl (C=O) groups is 2. The van der Waals surface area contributed by atoms with Crippen molar-refractivity contribution in [1.82, 2.24) is 4.90 Å². The van der Waals surface area contributed by atoms with Gasteiger partial charge >= 0.3 is 0 Å². The zero-order valence-electron chi connectivity index (χ0n) is 15.3. The maximum absolute atomic E-state index is 13.1. The minimum absolute atomic E-state index is 0.0258. The van der Waals surface area contributed by atoms with Crippen molar-refractivity contribution in [2.45, 2.75) is 19.5 Å². The Morgan fingerprint density at radius 3 is 2.85 bits per heavy atom. The molecule has 2 aliphatic rings. The molecule has 2 aromatic carbocycles. The van der Waals surface area contributed by atoms with E-state index in [1.807, 2.05) is 55.3 Å². The van der Waals surface area contributed by atoms with Crippen LogP contribution in [0.15, 0.2) is 42.5 Å². The van der Waals surface area contributed by atoms with Crippen LogP contribution in [-0.4, -0.2) is 43.1 Å². The molecule has 140 valence electrons. The van der Waals surface area contributed by atoms with Gasteiger partial charge in [0.25, 0.3) is 0 Å². The first-order chi connectivity index (χ1) is 13.0. The van der Waals surface area contributed by atoms with Crippen molar-refractivity contribution in [3.8, 4) is 11.5 Å². The van der Waals surface area contributed by atoms with Crippen molar-refractivity contribution >= 4 is 23.2 Å². The van der Waals surface area contributed by atoms with Gasteiger partial charge in [-0.2, -0.15) is 0 Å². The van der Waals surface area contributed by atoms with E-state index in [0.717, 1.165) is 22.7 Å². The second-order valence-electron chi connectivity index (χ2n) is 6.77. The van der Waals surface area contributed by atoms with Crippen LogP contribution in [0.4, 0.5) is 11.4 Å². The van der Waals surface area contributed by atoms with E-state index < -0.39 is 6.04 Å². The number of carbonyl (C=O) groups excluding carboxylic acids is 2. The van der Waals surface area contributed by atoms with Crippen molar-refractivity contribution in [2.75, 3.05) is 30.6 Å². The SMILES string of the molecule is C[C@H](C(=O)N1CC(=O)Nc2ccccc21)N(C)Cc1ccc2c(c1)OCO2. The summed E-state index contributed by atoms with van der Waals surface area (Å²) in [6, 6.07) is 12.7. The molecule has 0 saturated carbocycles. The normalized spacial score (nSPS) is 16.1. The molecule has 0 aliphatic carbocycles. The van der Waals surface area contributed by atoms with Gasteiger partial charge in [-0.1, -0.05) is 18.2 Å². The van der Waals surface area contributed by atoms with Gasteiger partial charge in [-0.05, 0) is 43.8 Å². The number of anilines is 2. The molecule has 7 nitrogen and oxygen atoms in total. The minimum atomic E-state index is -0.394. The first-order valence-electron chi connectivity index (χ1n) is 8.82. The second-order valence-corrected chi connectivity index (χ2v) is 6.77. The molecule has 0 radical (unpaired) electrons. The average molecular weight is 367 g/mol. The van der Waals surface area contributed by atoms with Gasteiger partial charge in [0.2, 0.25) is 18.6 Å².